The molecular formula is C21H25NO6S. The summed E-state index contributed by atoms with van der Waals surface area (Å²) in [6, 6.07) is 6.41. The topological polar surface area (TPSA) is 90.0 Å². The Morgan fingerprint density at radius 1 is 1.24 bits per heavy atom. The van der Waals surface area contributed by atoms with Crippen LogP contribution in [0.5, 0.6) is 0 Å². The highest BCUT2D eigenvalue weighted by Crippen LogP contribution is 2.44. The molecule has 1 aromatic carbocycles. The SMILES string of the molecule is CC(=O)O[C@@H]1CC[C@@H]2C(=O)[C@@H]3C[C@@H]1N2C/C3=C\COS(=O)(=O)c1ccc(C)cc1. The summed E-state index contributed by atoms with van der Waals surface area (Å²) in [6.07, 6.45) is 3.54. The van der Waals surface area contributed by atoms with Crippen molar-refractivity contribution in [1.29, 1.82) is 0 Å². The van der Waals surface area contributed by atoms with E-state index in [0.29, 0.717) is 25.8 Å². The molecule has 1 aromatic rings. The van der Waals surface area contributed by atoms with Crippen LogP contribution >= 0.6 is 0 Å². The molecule has 4 heterocycles. The van der Waals surface area contributed by atoms with Gasteiger partial charge in [-0.05, 0) is 43.9 Å². The number of aryl methyl sites for hydroxylation is 1. The second-order valence-corrected chi connectivity index (χ2v) is 9.62. The molecule has 8 heteroatoms. The monoisotopic (exact) mass is 419 g/mol. The first kappa shape index (κ1) is 20.3. The fourth-order valence-corrected chi connectivity index (χ4v) is 5.60. The Hall–Kier alpha value is -2.03. The molecule has 0 aromatic heterocycles. The van der Waals surface area contributed by atoms with Crippen molar-refractivity contribution in [3.63, 3.8) is 0 Å². The minimum atomic E-state index is -3.84. The molecule has 5 atom stereocenters. The number of hydrogen-bond donors (Lipinski definition) is 0. The average Bonchev–Trinajstić information content (AvgIpc) is 2.66. The second-order valence-electron chi connectivity index (χ2n) is 8.00. The normalized spacial score (nSPS) is 32.4. The van der Waals surface area contributed by atoms with Gasteiger partial charge in [0.15, 0.2) is 5.78 Å². The lowest BCUT2D eigenvalue weighted by atomic mass is 9.69. The summed E-state index contributed by atoms with van der Waals surface area (Å²) in [5.74, 6) is -0.367. The number of hydrogen-bond acceptors (Lipinski definition) is 7. The molecule has 0 N–H and O–H groups in total. The van der Waals surface area contributed by atoms with Gasteiger partial charge in [0, 0.05) is 25.4 Å². The molecule has 1 unspecified atom stereocenters. The first-order valence-electron chi connectivity index (χ1n) is 9.88. The fourth-order valence-electron chi connectivity index (χ4n) is 4.75. The molecule has 4 aliphatic heterocycles. The lowest BCUT2D eigenvalue weighted by Gasteiger charge is -2.55. The number of piperidine rings is 4. The molecule has 7 nitrogen and oxygen atoms in total. The zero-order chi connectivity index (χ0) is 20.8. The highest BCUT2D eigenvalue weighted by Gasteiger charge is 2.53. The number of carbonyl (C=O) groups excluding carboxylic acids is 2. The van der Waals surface area contributed by atoms with E-state index >= 15 is 0 Å². The van der Waals surface area contributed by atoms with Crippen LogP contribution in [0.15, 0.2) is 40.8 Å². The summed E-state index contributed by atoms with van der Waals surface area (Å²) in [6.45, 7) is 3.77. The molecule has 29 heavy (non-hydrogen) atoms. The van der Waals surface area contributed by atoms with Crippen LogP contribution in [0, 0.1) is 12.8 Å². The van der Waals surface area contributed by atoms with Crippen LogP contribution in [0.2, 0.25) is 0 Å². The fraction of sp³-hybridized carbons (Fsp3) is 0.524. The summed E-state index contributed by atoms with van der Waals surface area (Å²) in [4.78, 5) is 26.4. The van der Waals surface area contributed by atoms with Gasteiger partial charge in [-0.3, -0.25) is 18.7 Å². The van der Waals surface area contributed by atoms with E-state index in [9.17, 15) is 18.0 Å². The number of ketones is 1. The summed E-state index contributed by atoms with van der Waals surface area (Å²) in [5.41, 5.74) is 1.86. The van der Waals surface area contributed by atoms with Crippen LogP contribution in [0.1, 0.15) is 31.7 Å². The first-order chi connectivity index (χ1) is 13.8. The van der Waals surface area contributed by atoms with Crippen molar-refractivity contribution in [3.05, 3.63) is 41.5 Å². The van der Waals surface area contributed by atoms with Crippen LogP contribution in [0.3, 0.4) is 0 Å². The van der Waals surface area contributed by atoms with Crippen LogP contribution in [0.4, 0.5) is 0 Å². The number of esters is 1. The maximum Gasteiger partial charge on any atom is 0.302 e. The third-order valence-electron chi connectivity index (χ3n) is 6.14. The quantitative estimate of drug-likeness (QED) is 0.410. The van der Waals surface area contributed by atoms with E-state index in [1.807, 2.05) is 6.92 Å². The van der Waals surface area contributed by atoms with Crippen LogP contribution in [-0.2, 0) is 28.6 Å². The van der Waals surface area contributed by atoms with Gasteiger partial charge < -0.3 is 4.74 Å². The standard InChI is InChI=1S/C21H25NO6S/c1-13-3-5-16(6-4-13)29(25,26)27-10-9-15-12-22-18-7-8-20(28-14(2)23)19(22)11-17(15)21(18)24/h3-6,9,17-20H,7-8,10-12H2,1-2H3/b15-9+/t17-,18-,19+,20-/m1/s1. The van der Waals surface area contributed by atoms with Gasteiger partial charge in [-0.15, -0.1) is 0 Å². The Bertz CT molecular complexity index is 952. The number of rotatable bonds is 5. The molecule has 4 aliphatic rings. The van der Waals surface area contributed by atoms with E-state index in [1.54, 1.807) is 18.2 Å². The van der Waals surface area contributed by atoms with Crippen molar-refractivity contribution in [2.75, 3.05) is 13.2 Å². The van der Waals surface area contributed by atoms with Crippen molar-refractivity contribution in [2.45, 2.75) is 56.2 Å². The molecule has 0 radical (unpaired) electrons. The third kappa shape index (κ3) is 3.89. The number of carbonyl (C=O) groups is 2. The predicted molar refractivity (Wildman–Crippen MR) is 105 cm³/mol. The lowest BCUT2D eigenvalue weighted by molar-refractivity contribution is -0.164. The van der Waals surface area contributed by atoms with E-state index < -0.39 is 10.1 Å². The van der Waals surface area contributed by atoms with Crippen molar-refractivity contribution in [3.8, 4) is 0 Å². The van der Waals surface area contributed by atoms with Gasteiger partial charge in [-0.2, -0.15) is 8.42 Å². The maximum atomic E-state index is 12.8. The van der Waals surface area contributed by atoms with E-state index in [4.69, 9.17) is 8.92 Å². The number of fused-ring (bicyclic) bond motifs is 1. The van der Waals surface area contributed by atoms with Gasteiger partial charge in [-0.1, -0.05) is 23.8 Å². The van der Waals surface area contributed by atoms with Crippen LogP contribution < -0.4 is 0 Å². The van der Waals surface area contributed by atoms with Gasteiger partial charge in [0.25, 0.3) is 10.1 Å². The Morgan fingerprint density at radius 3 is 2.66 bits per heavy atom. The molecule has 0 spiro atoms. The maximum absolute atomic E-state index is 12.8. The highest BCUT2D eigenvalue weighted by molar-refractivity contribution is 7.86. The molecule has 5 rings (SSSR count). The average molecular weight is 419 g/mol. The third-order valence-corrected chi connectivity index (χ3v) is 7.43. The van der Waals surface area contributed by atoms with Gasteiger partial charge in [0.2, 0.25) is 0 Å². The Labute approximate surface area is 170 Å². The number of Topliss-reactive ketones (excluding diaryl/α,β-unsaturated/α-hetero) is 1. The lowest BCUT2D eigenvalue weighted by Crippen LogP contribution is -2.67. The molecule has 0 saturated carbocycles. The molecular weight excluding hydrogens is 394 g/mol. The molecule has 4 bridgehead atoms. The summed E-state index contributed by atoms with van der Waals surface area (Å²) < 4.78 is 35.3. The molecule has 0 amide bonds. The largest absolute Gasteiger partial charge is 0.461 e. The minimum Gasteiger partial charge on any atom is -0.461 e. The molecule has 0 aliphatic carbocycles. The Morgan fingerprint density at radius 2 is 1.97 bits per heavy atom. The minimum absolute atomic E-state index is 0.0507. The van der Waals surface area contributed by atoms with Gasteiger partial charge in [0.05, 0.1) is 17.5 Å². The predicted octanol–water partition coefficient (Wildman–Crippen LogP) is 1.99. The zero-order valence-corrected chi connectivity index (χ0v) is 17.4. The molecule has 4 fully saturated rings. The van der Waals surface area contributed by atoms with E-state index in [1.165, 1.54) is 19.1 Å². The van der Waals surface area contributed by atoms with Crippen molar-refractivity contribution < 1.29 is 26.9 Å². The van der Waals surface area contributed by atoms with Crippen molar-refractivity contribution >= 4 is 21.9 Å². The number of benzene rings is 1. The van der Waals surface area contributed by atoms with Crippen molar-refractivity contribution in [1.82, 2.24) is 4.90 Å². The van der Waals surface area contributed by atoms with Gasteiger partial charge in [0.1, 0.15) is 6.10 Å². The molecule has 156 valence electrons. The smallest absolute Gasteiger partial charge is 0.302 e. The number of nitrogens with zero attached hydrogens (tertiary/aromatic N) is 1. The molecule has 4 saturated heterocycles. The highest BCUT2D eigenvalue weighted by atomic mass is 32.2. The van der Waals surface area contributed by atoms with Gasteiger partial charge in [-0.25, -0.2) is 0 Å². The van der Waals surface area contributed by atoms with Crippen molar-refractivity contribution in [2.24, 2.45) is 5.92 Å². The number of ether oxygens (including phenoxy) is 1. The summed E-state index contributed by atoms with van der Waals surface area (Å²) in [7, 11) is -3.84. The zero-order valence-electron chi connectivity index (χ0n) is 16.5. The van der Waals surface area contributed by atoms with E-state index in [-0.39, 0.29) is 47.4 Å². The van der Waals surface area contributed by atoms with E-state index in [0.717, 1.165) is 11.1 Å². The summed E-state index contributed by atoms with van der Waals surface area (Å²) >= 11 is 0. The van der Waals surface area contributed by atoms with Gasteiger partial charge >= 0.3 is 5.97 Å². The summed E-state index contributed by atoms with van der Waals surface area (Å²) in [5, 5.41) is 0. The Balaban J connectivity index is 1.44. The van der Waals surface area contributed by atoms with Crippen LogP contribution in [0.25, 0.3) is 0 Å². The Kier molecular flexibility index (Phi) is 5.35. The second kappa shape index (κ2) is 7.66. The first-order valence-corrected chi connectivity index (χ1v) is 11.3. The van der Waals surface area contributed by atoms with E-state index in [2.05, 4.69) is 4.90 Å². The van der Waals surface area contributed by atoms with Crippen LogP contribution in [-0.4, -0.2) is 56.4 Å².